The first kappa shape index (κ1) is 19.3. The van der Waals surface area contributed by atoms with Gasteiger partial charge in [-0.25, -0.2) is 10.1 Å². The molecule has 1 aliphatic heterocycles. The molecule has 1 fully saturated rings. The number of carbonyl (C=O) groups is 1. The molecule has 1 saturated heterocycles. The van der Waals surface area contributed by atoms with Crippen molar-refractivity contribution in [1.82, 2.24) is 5.32 Å². The maximum atomic E-state index is 11.6. The third-order valence-corrected chi connectivity index (χ3v) is 4.19. The number of ether oxygens (including phenoxy) is 2. The highest BCUT2D eigenvalue weighted by Gasteiger charge is 2.21. The molecule has 1 aliphatic rings. The Morgan fingerprint density at radius 3 is 2.32 bits per heavy atom. The van der Waals surface area contributed by atoms with Crippen molar-refractivity contribution in [2.24, 2.45) is 0 Å². The molecule has 2 atom stereocenters. The average Bonchev–Trinajstić information content (AvgIpc) is 2.98. The summed E-state index contributed by atoms with van der Waals surface area (Å²) in [5.74, 6) is 0. The van der Waals surface area contributed by atoms with Crippen LogP contribution < -0.4 is 5.32 Å². The van der Waals surface area contributed by atoms with Crippen LogP contribution in [0.1, 0.15) is 90.9 Å². The molecule has 22 heavy (non-hydrogen) atoms. The molecule has 4 nitrogen and oxygen atoms in total. The van der Waals surface area contributed by atoms with Crippen molar-refractivity contribution in [3.05, 3.63) is 0 Å². The summed E-state index contributed by atoms with van der Waals surface area (Å²) >= 11 is 0. The molecular weight excluding hydrogens is 278 g/mol. The Morgan fingerprint density at radius 2 is 1.73 bits per heavy atom. The highest BCUT2D eigenvalue weighted by atomic mass is 16.7. The molecule has 0 bridgehead atoms. The molecule has 0 aromatic rings. The summed E-state index contributed by atoms with van der Waals surface area (Å²) in [6.45, 7) is 4.99. The van der Waals surface area contributed by atoms with Gasteiger partial charge in [0.15, 0.2) is 6.23 Å². The molecule has 0 amide bonds. The highest BCUT2D eigenvalue weighted by molar-refractivity contribution is 5.60. The van der Waals surface area contributed by atoms with Gasteiger partial charge in [0.2, 0.25) is 0 Å². The van der Waals surface area contributed by atoms with Crippen LogP contribution in [-0.2, 0) is 9.47 Å². The zero-order chi connectivity index (χ0) is 16.0. The van der Waals surface area contributed by atoms with Crippen molar-refractivity contribution < 1.29 is 14.3 Å². The van der Waals surface area contributed by atoms with Gasteiger partial charge in [-0.2, -0.15) is 0 Å². The molecule has 0 aliphatic carbocycles. The van der Waals surface area contributed by atoms with Gasteiger partial charge in [0.05, 0.1) is 0 Å². The quantitative estimate of drug-likeness (QED) is 0.369. The van der Waals surface area contributed by atoms with Gasteiger partial charge in [0.25, 0.3) is 0 Å². The summed E-state index contributed by atoms with van der Waals surface area (Å²) in [5, 5.41) is 4.18. The van der Waals surface area contributed by atoms with E-state index in [1.54, 1.807) is 0 Å². The van der Waals surface area contributed by atoms with E-state index >= 15 is 0 Å². The zero-order valence-electron chi connectivity index (χ0n) is 14.5. The molecule has 1 radical (unpaired) electrons. The Hall–Kier alpha value is -0.770. The van der Waals surface area contributed by atoms with E-state index in [9.17, 15) is 4.79 Å². The highest BCUT2D eigenvalue weighted by Crippen LogP contribution is 2.14. The monoisotopic (exact) mass is 312 g/mol. The van der Waals surface area contributed by atoms with Gasteiger partial charge in [-0.1, -0.05) is 58.3 Å². The van der Waals surface area contributed by atoms with E-state index in [0.717, 1.165) is 32.2 Å². The fraction of sp³-hybridized carbons (Fsp3) is 0.944. The minimum absolute atomic E-state index is 0.0570. The first-order valence-corrected chi connectivity index (χ1v) is 9.26. The fourth-order valence-corrected chi connectivity index (χ4v) is 2.79. The Kier molecular flexibility index (Phi) is 11.2. The van der Waals surface area contributed by atoms with Crippen molar-refractivity contribution in [1.29, 1.82) is 0 Å². The van der Waals surface area contributed by atoms with Crippen LogP contribution in [0.5, 0.6) is 0 Å². The van der Waals surface area contributed by atoms with Gasteiger partial charge >= 0.3 is 6.16 Å². The van der Waals surface area contributed by atoms with E-state index in [4.69, 9.17) is 9.47 Å². The van der Waals surface area contributed by atoms with E-state index in [2.05, 4.69) is 12.2 Å². The second-order valence-corrected chi connectivity index (χ2v) is 6.42. The number of hydrogen-bond acceptors (Lipinski definition) is 3. The average molecular weight is 312 g/mol. The van der Waals surface area contributed by atoms with Crippen molar-refractivity contribution >= 4 is 6.16 Å². The minimum atomic E-state index is -0.556. The first-order chi connectivity index (χ1) is 10.7. The van der Waals surface area contributed by atoms with Gasteiger partial charge in [-0.3, -0.25) is 0 Å². The molecule has 0 spiro atoms. The lowest BCUT2D eigenvalue weighted by atomic mass is 10.1. The Bertz CT molecular complexity index is 278. The Balaban J connectivity index is 1.88. The summed E-state index contributed by atoms with van der Waals surface area (Å²) in [7, 11) is 0. The molecule has 0 aromatic heterocycles. The van der Waals surface area contributed by atoms with Crippen LogP contribution >= 0.6 is 0 Å². The molecule has 1 heterocycles. The number of unbranched alkanes of at least 4 members (excludes halogenated alkanes) is 8. The van der Waals surface area contributed by atoms with Crippen molar-refractivity contribution in [3.63, 3.8) is 0 Å². The van der Waals surface area contributed by atoms with E-state index in [0.29, 0.717) is 0 Å². The molecule has 2 unspecified atom stereocenters. The van der Waals surface area contributed by atoms with Gasteiger partial charge in [-0.15, -0.1) is 0 Å². The van der Waals surface area contributed by atoms with E-state index in [-0.39, 0.29) is 12.3 Å². The molecular formula is C18H34NO3. The number of hydrogen-bond donors (Lipinski definition) is 0. The standard InChI is InChI=1S/C18H34NO3/c1-3-4-5-6-7-8-9-10-11-13-16(2)21-18(20)22-17-14-12-15-19-17/h16-17H,3-15H2,1-2H3. The largest absolute Gasteiger partial charge is 0.510 e. The lowest BCUT2D eigenvalue weighted by Gasteiger charge is -2.15. The third-order valence-electron chi connectivity index (χ3n) is 4.19. The predicted molar refractivity (Wildman–Crippen MR) is 88.9 cm³/mol. The number of carbonyl (C=O) groups excluding carboxylic acids is 1. The molecule has 0 aromatic carbocycles. The van der Waals surface area contributed by atoms with Crippen LogP contribution in [0.15, 0.2) is 0 Å². The van der Waals surface area contributed by atoms with Crippen LogP contribution in [0.3, 0.4) is 0 Å². The van der Waals surface area contributed by atoms with Crippen LogP contribution in [0.25, 0.3) is 0 Å². The van der Waals surface area contributed by atoms with Gasteiger partial charge in [0, 0.05) is 13.0 Å². The summed E-state index contributed by atoms with van der Waals surface area (Å²) in [6, 6.07) is 0. The van der Waals surface area contributed by atoms with E-state index in [1.807, 2.05) is 6.92 Å². The molecule has 129 valence electrons. The van der Waals surface area contributed by atoms with Crippen LogP contribution in [-0.4, -0.2) is 25.0 Å². The molecule has 0 N–H and O–H groups in total. The van der Waals surface area contributed by atoms with Crippen molar-refractivity contribution in [2.75, 3.05) is 6.54 Å². The molecule has 4 heteroatoms. The molecule has 0 saturated carbocycles. The second-order valence-electron chi connectivity index (χ2n) is 6.42. The SMILES string of the molecule is CCCCCCCCCCCC(C)OC(=O)OC1CCC[N]1. The normalized spacial score (nSPS) is 19.1. The van der Waals surface area contributed by atoms with Crippen molar-refractivity contribution in [2.45, 2.75) is 103 Å². The lowest BCUT2D eigenvalue weighted by molar-refractivity contribution is -0.00420. The van der Waals surface area contributed by atoms with Crippen LogP contribution in [0.2, 0.25) is 0 Å². The summed E-state index contributed by atoms with van der Waals surface area (Å²) in [6.07, 6.45) is 13.7. The van der Waals surface area contributed by atoms with Crippen LogP contribution in [0.4, 0.5) is 4.79 Å². The van der Waals surface area contributed by atoms with Gasteiger partial charge < -0.3 is 9.47 Å². The summed E-state index contributed by atoms with van der Waals surface area (Å²) in [5.41, 5.74) is 0. The van der Waals surface area contributed by atoms with E-state index in [1.165, 1.54) is 51.4 Å². The maximum Gasteiger partial charge on any atom is 0.510 e. The van der Waals surface area contributed by atoms with Crippen molar-refractivity contribution in [3.8, 4) is 0 Å². The fourth-order valence-electron chi connectivity index (χ4n) is 2.79. The lowest BCUT2D eigenvalue weighted by Crippen LogP contribution is -2.25. The van der Waals surface area contributed by atoms with Gasteiger partial charge in [-0.05, 0) is 26.2 Å². The summed E-state index contributed by atoms with van der Waals surface area (Å²) in [4.78, 5) is 11.6. The predicted octanol–water partition coefficient (Wildman–Crippen LogP) is 5.17. The summed E-state index contributed by atoms with van der Waals surface area (Å²) < 4.78 is 10.4. The third kappa shape index (κ3) is 10.0. The topological polar surface area (TPSA) is 49.6 Å². The zero-order valence-corrected chi connectivity index (χ0v) is 14.5. The van der Waals surface area contributed by atoms with E-state index < -0.39 is 6.16 Å². The number of nitrogens with zero attached hydrogens (tertiary/aromatic N) is 1. The first-order valence-electron chi connectivity index (χ1n) is 9.26. The smallest absolute Gasteiger partial charge is 0.431 e. The second kappa shape index (κ2) is 12.7. The van der Waals surface area contributed by atoms with Gasteiger partial charge in [0.1, 0.15) is 6.10 Å². The minimum Gasteiger partial charge on any atom is -0.431 e. The van der Waals surface area contributed by atoms with Crippen LogP contribution in [0, 0.1) is 0 Å². The molecule has 1 rings (SSSR count). The Morgan fingerprint density at radius 1 is 1.09 bits per heavy atom. The number of rotatable bonds is 12. The Labute approximate surface area is 136 Å². The maximum absolute atomic E-state index is 11.6.